The Morgan fingerprint density at radius 1 is 1.39 bits per heavy atom. The number of pyridine rings is 1. The molecule has 7 heteroatoms. The van der Waals surface area contributed by atoms with Gasteiger partial charge in [-0.15, -0.1) is 0 Å². The van der Waals surface area contributed by atoms with Crippen molar-refractivity contribution in [1.29, 1.82) is 0 Å². The van der Waals surface area contributed by atoms with Crippen LogP contribution in [0, 0.1) is 17.0 Å². The monoisotopic (exact) mass is 377 g/mol. The number of anilines is 1. The van der Waals surface area contributed by atoms with E-state index in [4.69, 9.17) is 4.74 Å². The molecule has 120 valence electrons. The van der Waals surface area contributed by atoms with Gasteiger partial charge in [-0.05, 0) is 24.6 Å². The van der Waals surface area contributed by atoms with Crippen LogP contribution in [0.5, 0.6) is 5.88 Å². The number of aromatic nitrogens is 1. The van der Waals surface area contributed by atoms with Gasteiger partial charge >= 0.3 is 0 Å². The van der Waals surface area contributed by atoms with Crippen molar-refractivity contribution in [2.75, 3.05) is 18.0 Å². The van der Waals surface area contributed by atoms with Crippen molar-refractivity contribution in [2.45, 2.75) is 19.4 Å². The lowest BCUT2D eigenvalue weighted by Gasteiger charge is -2.19. The molecule has 1 unspecified atom stereocenters. The van der Waals surface area contributed by atoms with Crippen molar-refractivity contribution in [3.63, 3.8) is 0 Å². The summed E-state index contributed by atoms with van der Waals surface area (Å²) in [6.45, 7) is 3.30. The maximum atomic E-state index is 11.3. The van der Waals surface area contributed by atoms with Crippen LogP contribution in [0.3, 0.4) is 0 Å². The molecule has 1 aliphatic heterocycles. The van der Waals surface area contributed by atoms with Gasteiger partial charge in [0.05, 0.1) is 11.5 Å². The number of benzene rings is 1. The number of halogens is 1. The smallest absolute Gasteiger partial charge is 0.293 e. The molecule has 3 rings (SSSR count). The predicted octanol–water partition coefficient (Wildman–Crippen LogP) is 3.72. The first-order valence-electron chi connectivity index (χ1n) is 7.31. The summed E-state index contributed by atoms with van der Waals surface area (Å²) < 4.78 is 6.57. The molecule has 23 heavy (non-hydrogen) atoms. The van der Waals surface area contributed by atoms with Crippen LogP contribution in [0.2, 0.25) is 0 Å². The minimum atomic E-state index is -0.351. The lowest BCUT2D eigenvalue weighted by molar-refractivity contribution is -0.384. The standard InChI is InChI=1S/C16H16BrN3O3/c1-11-2-5-16(18-9-11)23-13-6-7-19(10-13)14-4-3-12(17)8-15(14)20(21)22/h2-5,8-9,13H,6-7,10H2,1H3. The number of hydrogen-bond acceptors (Lipinski definition) is 5. The third-order valence-corrected chi connectivity index (χ3v) is 4.28. The van der Waals surface area contributed by atoms with Crippen molar-refractivity contribution in [3.8, 4) is 5.88 Å². The second kappa shape index (κ2) is 6.54. The molecule has 0 bridgehead atoms. The average Bonchev–Trinajstić information content (AvgIpc) is 2.98. The van der Waals surface area contributed by atoms with Crippen LogP contribution in [-0.4, -0.2) is 29.1 Å². The molecule has 6 nitrogen and oxygen atoms in total. The van der Waals surface area contributed by atoms with E-state index >= 15 is 0 Å². The van der Waals surface area contributed by atoms with Gasteiger partial charge in [-0.3, -0.25) is 10.1 Å². The van der Waals surface area contributed by atoms with E-state index in [2.05, 4.69) is 20.9 Å². The van der Waals surface area contributed by atoms with Crippen molar-refractivity contribution >= 4 is 27.3 Å². The Kier molecular flexibility index (Phi) is 4.47. The maximum Gasteiger partial charge on any atom is 0.293 e. The Hall–Kier alpha value is -2.15. The molecule has 2 heterocycles. The molecule has 2 aromatic rings. The zero-order valence-corrected chi connectivity index (χ0v) is 14.2. The van der Waals surface area contributed by atoms with E-state index in [9.17, 15) is 10.1 Å². The minimum absolute atomic E-state index is 0.0199. The Balaban J connectivity index is 1.72. The van der Waals surface area contributed by atoms with E-state index in [0.717, 1.165) is 18.5 Å². The van der Waals surface area contributed by atoms with Crippen molar-refractivity contribution < 1.29 is 9.66 Å². The molecule has 0 amide bonds. The molecule has 0 aliphatic carbocycles. The second-order valence-corrected chi connectivity index (χ2v) is 6.45. The number of hydrogen-bond donors (Lipinski definition) is 0. The first kappa shape index (κ1) is 15.7. The summed E-state index contributed by atoms with van der Waals surface area (Å²) in [6.07, 6.45) is 2.55. The number of nitro groups is 1. The lowest BCUT2D eigenvalue weighted by Crippen LogP contribution is -2.25. The Morgan fingerprint density at radius 3 is 2.91 bits per heavy atom. The zero-order chi connectivity index (χ0) is 16.4. The van der Waals surface area contributed by atoms with E-state index in [-0.39, 0.29) is 16.7 Å². The SMILES string of the molecule is Cc1ccc(OC2CCN(c3ccc(Br)cc3[N+](=O)[O-])C2)nc1. The number of rotatable bonds is 4. The van der Waals surface area contributed by atoms with Crippen LogP contribution in [0.15, 0.2) is 41.0 Å². The summed E-state index contributed by atoms with van der Waals surface area (Å²) in [6, 6.07) is 8.92. The molecule has 1 aromatic heterocycles. The van der Waals surface area contributed by atoms with Gasteiger partial charge < -0.3 is 9.64 Å². The molecule has 0 saturated carbocycles. The summed E-state index contributed by atoms with van der Waals surface area (Å²) in [5.41, 5.74) is 1.81. The van der Waals surface area contributed by atoms with E-state index in [1.54, 1.807) is 12.3 Å². The summed E-state index contributed by atoms with van der Waals surface area (Å²) in [7, 11) is 0. The first-order valence-corrected chi connectivity index (χ1v) is 8.10. The van der Waals surface area contributed by atoms with E-state index in [0.29, 0.717) is 22.6 Å². The summed E-state index contributed by atoms with van der Waals surface area (Å²) in [4.78, 5) is 17.1. The Labute approximate surface area is 142 Å². The van der Waals surface area contributed by atoms with Crippen LogP contribution in [-0.2, 0) is 0 Å². The fourth-order valence-corrected chi connectivity index (χ4v) is 3.00. The van der Waals surface area contributed by atoms with Crippen molar-refractivity contribution in [1.82, 2.24) is 4.98 Å². The summed E-state index contributed by atoms with van der Waals surface area (Å²) in [5, 5.41) is 11.3. The van der Waals surface area contributed by atoms with Crippen LogP contribution in [0.25, 0.3) is 0 Å². The van der Waals surface area contributed by atoms with Crippen molar-refractivity contribution in [3.05, 3.63) is 56.7 Å². The predicted molar refractivity (Wildman–Crippen MR) is 91.0 cm³/mol. The number of aryl methyl sites for hydroxylation is 1. The highest BCUT2D eigenvalue weighted by Crippen LogP contribution is 2.33. The second-order valence-electron chi connectivity index (χ2n) is 5.54. The fraction of sp³-hybridized carbons (Fsp3) is 0.312. The minimum Gasteiger partial charge on any atom is -0.472 e. The Morgan fingerprint density at radius 2 is 2.22 bits per heavy atom. The highest BCUT2D eigenvalue weighted by molar-refractivity contribution is 9.10. The van der Waals surface area contributed by atoms with Gasteiger partial charge in [-0.25, -0.2) is 4.98 Å². The third kappa shape index (κ3) is 3.61. The van der Waals surface area contributed by atoms with Gasteiger partial charge in [-0.1, -0.05) is 22.0 Å². The van der Waals surface area contributed by atoms with E-state index < -0.39 is 0 Å². The number of ether oxygens (including phenoxy) is 1. The number of nitro benzene ring substituents is 1. The topological polar surface area (TPSA) is 68.5 Å². The average molecular weight is 378 g/mol. The van der Waals surface area contributed by atoms with E-state index in [1.165, 1.54) is 6.07 Å². The highest BCUT2D eigenvalue weighted by atomic mass is 79.9. The molecular weight excluding hydrogens is 362 g/mol. The highest BCUT2D eigenvalue weighted by Gasteiger charge is 2.29. The van der Waals surface area contributed by atoms with Gasteiger partial charge in [0.25, 0.3) is 5.69 Å². The van der Waals surface area contributed by atoms with Crippen molar-refractivity contribution in [2.24, 2.45) is 0 Å². The third-order valence-electron chi connectivity index (χ3n) is 3.79. The summed E-state index contributed by atoms with van der Waals surface area (Å²) in [5.74, 6) is 0.591. The molecule has 1 fully saturated rings. The van der Waals surface area contributed by atoms with Gasteiger partial charge in [0.2, 0.25) is 5.88 Å². The molecule has 1 saturated heterocycles. The number of nitrogens with zero attached hydrogens (tertiary/aromatic N) is 3. The molecular formula is C16H16BrN3O3. The van der Waals surface area contributed by atoms with Crippen LogP contribution in [0.4, 0.5) is 11.4 Å². The van der Waals surface area contributed by atoms with Gasteiger partial charge in [0.1, 0.15) is 11.8 Å². The molecule has 1 atom stereocenters. The largest absolute Gasteiger partial charge is 0.472 e. The molecule has 1 aromatic carbocycles. The zero-order valence-electron chi connectivity index (χ0n) is 12.6. The quantitative estimate of drug-likeness (QED) is 0.599. The van der Waals surface area contributed by atoms with Gasteiger partial charge in [-0.2, -0.15) is 0 Å². The normalized spacial score (nSPS) is 17.3. The van der Waals surface area contributed by atoms with Crippen LogP contribution in [0.1, 0.15) is 12.0 Å². The molecule has 1 aliphatic rings. The maximum absolute atomic E-state index is 11.3. The summed E-state index contributed by atoms with van der Waals surface area (Å²) >= 11 is 3.28. The molecule has 0 spiro atoms. The van der Waals surface area contributed by atoms with Crippen LogP contribution < -0.4 is 9.64 Å². The van der Waals surface area contributed by atoms with E-state index in [1.807, 2.05) is 30.0 Å². The van der Waals surface area contributed by atoms with Gasteiger partial charge in [0.15, 0.2) is 0 Å². The lowest BCUT2D eigenvalue weighted by atomic mass is 10.2. The molecule has 0 N–H and O–H groups in total. The van der Waals surface area contributed by atoms with Crippen LogP contribution >= 0.6 is 15.9 Å². The molecule has 0 radical (unpaired) electrons. The first-order chi connectivity index (χ1) is 11.0. The van der Waals surface area contributed by atoms with Gasteiger partial charge in [0, 0.05) is 35.8 Å². The Bertz CT molecular complexity index is 721. The fourth-order valence-electron chi connectivity index (χ4n) is 2.65.